The second-order valence-corrected chi connectivity index (χ2v) is 4.96. The Hall–Kier alpha value is -1.42. The van der Waals surface area contributed by atoms with Crippen LogP contribution in [0, 0.1) is 0 Å². The van der Waals surface area contributed by atoms with Gasteiger partial charge < -0.3 is 0 Å². The van der Waals surface area contributed by atoms with E-state index in [0.29, 0.717) is 6.17 Å². The molecule has 0 saturated carbocycles. The maximum absolute atomic E-state index is 4.74. The quantitative estimate of drug-likeness (QED) is 0.902. The highest BCUT2D eigenvalue weighted by atomic mass is 15.2. The van der Waals surface area contributed by atoms with E-state index < -0.39 is 0 Å². The van der Waals surface area contributed by atoms with Crippen LogP contribution in [0.25, 0.3) is 11.2 Å². The number of hydrogen-bond acceptors (Lipinski definition) is 3. The first-order chi connectivity index (χ1) is 8.90. The van der Waals surface area contributed by atoms with Crippen molar-refractivity contribution in [3.63, 3.8) is 0 Å². The van der Waals surface area contributed by atoms with Gasteiger partial charge in [-0.2, -0.15) is 0 Å². The number of aryl methyl sites for hydroxylation is 1. The molecule has 1 unspecified atom stereocenters. The molecule has 4 heteroatoms. The Balaban J connectivity index is 2.07. The topological polar surface area (TPSA) is 42.7 Å². The van der Waals surface area contributed by atoms with Gasteiger partial charge in [0.05, 0.1) is 6.17 Å². The Kier molecular flexibility index (Phi) is 3.28. The lowest BCUT2D eigenvalue weighted by atomic mass is 10.1. The standard InChI is InChI=1S/C14H20N4/c1-2-6-13-17-11-7-5-10-16-14(11)18(13)12-8-3-4-9-15-12/h5,7,10,12,15H,2-4,6,8-9H2,1H3. The summed E-state index contributed by atoms with van der Waals surface area (Å²) in [5.74, 6) is 1.17. The Morgan fingerprint density at radius 1 is 1.44 bits per heavy atom. The molecule has 0 spiro atoms. The number of hydrogen-bond donors (Lipinski definition) is 1. The third kappa shape index (κ3) is 2.01. The number of fused-ring (bicyclic) bond motifs is 1. The number of nitrogens with zero attached hydrogens (tertiary/aromatic N) is 3. The molecule has 96 valence electrons. The summed E-state index contributed by atoms with van der Waals surface area (Å²) in [5.41, 5.74) is 2.05. The minimum absolute atomic E-state index is 0.375. The largest absolute Gasteiger partial charge is 0.297 e. The molecule has 4 nitrogen and oxygen atoms in total. The van der Waals surface area contributed by atoms with E-state index in [0.717, 1.165) is 30.6 Å². The van der Waals surface area contributed by atoms with Gasteiger partial charge >= 0.3 is 0 Å². The smallest absolute Gasteiger partial charge is 0.161 e. The van der Waals surface area contributed by atoms with E-state index in [1.807, 2.05) is 12.3 Å². The highest BCUT2D eigenvalue weighted by Gasteiger charge is 2.20. The maximum atomic E-state index is 4.74. The molecule has 2 aromatic rings. The lowest BCUT2D eigenvalue weighted by Crippen LogP contribution is -2.32. The molecule has 1 saturated heterocycles. The van der Waals surface area contributed by atoms with Crippen molar-refractivity contribution in [2.45, 2.75) is 45.2 Å². The van der Waals surface area contributed by atoms with Crippen LogP contribution in [-0.2, 0) is 6.42 Å². The fraction of sp³-hybridized carbons (Fsp3) is 0.571. The van der Waals surface area contributed by atoms with Crippen LogP contribution in [0.5, 0.6) is 0 Å². The van der Waals surface area contributed by atoms with E-state index in [1.165, 1.54) is 25.1 Å². The van der Waals surface area contributed by atoms with Crippen LogP contribution in [0.1, 0.15) is 44.6 Å². The van der Waals surface area contributed by atoms with Crippen molar-refractivity contribution in [3.05, 3.63) is 24.2 Å². The van der Waals surface area contributed by atoms with Gasteiger partial charge in [0.2, 0.25) is 0 Å². The van der Waals surface area contributed by atoms with Crippen molar-refractivity contribution in [1.82, 2.24) is 19.9 Å². The van der Waals surface area contributed by atoms with Gasteiger partial charge in [-0.1, -0.05) is 6.92 Å². The Labute approximate surface area is 107 Å². The van der Waals surface area contributed by atoms with Crippen LogP contribution in [0.2, 0.25) is 0 Å². The van der Waals surface area contributed by atoms with Crippen molar-refractivity contribution in [1.29, 1.82) is 0 Å². The Morgan fingerprint density at radius 2 is 2.39 bits per heavy atom. The van der Waals surface area contributed by atoms with E-state index in [2.05, 4.69) is 27.9 Å². The van der Waals surface area contributed by atoms with Crippen LogP contribution in [0.4, 0.5) is 0 Å². The molecule has 1 aliphatic heterocycles. The van der Waals surface area contributed by atoms with E-state index in [9.17, 15) is 0 Å². The molecule has 0 amide bonds. The third-order valence-corrected chi connectivity index (χ3v) is 3.59. The highest BCUT2D eigenvalue weighted by Crippen LogP contribution is 2.24. The first kappa shape index (κ1) is 11.7. The maximum Gasteiger partial charge on any atom is 0.161 e. The second-order valence-electron chi connectivity index (χ2n) is 4.96. The molecule has 3 heterocycles. The van der Waals surface area contributed by atoms with Gasteiger partial charge in [0.1, 0.15) is 11.3 Å². The zero-order chi connectivity index (χ0) is 12.4. The highest BCUT2D eigenvalue weighted by molar-refractivity contribution is 5.71. The van der Waals surface area contributed by atoms with Crippen LogP contribution >= 0.6 is 0 Å². The van der Waals surface area contributed by atoms with Crippen molar-refractivity contribution < 1.29 is 0 Å². The van der Waals surface area contributed by atoms with Gasteiger partial charge in [0, 0.05) is 12.6 Å². The lowest BCUT2D eigenvalue weighted by Gasteiger charge is -2.26. The monoisotopic (exact) mass is 244 g/mol. The predicted octanol–water partition coefficient (Wildman–Crippen LogP) is 2.66. The summed E-state index contributed by atoms with van der Waals surface area (Å²) in [6.07, 6.45) is 8.12. The van der Waals surface area contributed by atoms with Crippen molar-refractivity contribution in [2.75, 3.05) is 6.54 Å². The summed E-state index contributed by atoms with van der Waals surface area (Å²) >= 11 is 0. The molecule has 1 atom stereocenters. The molecule has 1 fully saturated rings. The summed E-state index contributed by atoms with van der Waals surface area (Å²) in [4.78, 5) is 9.26. The molecule has 3 rings (SSSR count). The van der Waals surface area contributed by atoms with E-state index in [1.54, 1.807) is 0 Å². The average Bonchev–Trinajstić information content (AvgIpc) is 2.78. The van der Waals surface area contributed by atoms with Gasteiger partial charge in [0.25, 0.3) is 0 Å². The predicted molar refractivity (Wildman–Crippen MR) is 72.4 cm³/mol. The molecule has 0 radical (unpaired) electrons. The normalized spacial score (nSPS) is 20.4. The van der Waals surface area contributed by atoms with Gasteiger partial charge in [-0.3, -0.25) is 9.88 Å². The summed E-state index contributed by atoms with van der Waals surface area (Å²) in [5, 5.41) is 3.60. The molecule has 1 aliphatic rings. The van der Waals surface area contributed by atoms with Gasteiger partial charge in [-0.25, -0.2) is 9.97 Å². The lowest BCUT2D eigenvalue weighted by molar-refractivity contribution is 0.319. The zero-order valence-electron chi connectivity index (χ0n) is 10.9. The number of pyridine rings is 1. The molecule has 0 aliphatic carbocycles. The molecule has 2 aromatic heterocycles. The second kappa shape index (κ2) is 5.06. The van der Waals surface area contributed by atoms with E-state index in [4.69, 9.17) is 4.98 Å². The number of piperidine rings is 1. The molecule has 0 aromatic carbocycles. The minimum Gasteiger partial charge on any atom is -0.297 e. The van der Waals surface area contributed by atoms with Crippen LogP contribution in [0.3, 0.4) is 0 Å². The molecular weight excluding hydrogens is 224 g/mol. The van der Waals surface area contributed by atoms with Crippen molar-refractivity contribution >= 4 is 11.2 Å². The number of imidazole rings is 1. The first-order valence-corrected chi connectivity index (χ1v) is 6.95. The summed E-state index contributed by atoms with van der Waals surface area (Å²) in [6.45, 7) is 3.30. The van der Waals surface area contributed by atoms with Crippen LogP contribution < -0.4 is 5.32 Å². The molecule has 0 bridgehead atoms. The van der Waals surface area contributed by atoms with Crippen LogP contribution in [-0.4, -0.2) is 21.1 Å². The molecule has 18 heavy (non-hydrogen) atoms. The van der Waals surface area contributed by atoms with Crippen molar-refractivity contribution in [3.8, 4) is 0 Å². The van der Waals surface area contributed by atoms with Crippen molar-refractivity contribution in [2.24, 2.45) is 0 Å². The number of nitrogens with one attached hydrogen (secondary N) is 1. The summed E-state index contributed by atoms with van der Waals surface area (Å²) < 4.78 is 2.32. The first-order valence-electron chi connectivity index (χ1n) is 6.95. The molecule has 1 N–H and O–H groups in total. The average molecular weight is 244 g/mol. The van der Waals surface area contributed by atoms with Gasteiger partial charge in [0.15, 0.2) is 5.65 Å². The SMILES string of the molecule is CCCc1nc2cccnc2n1C1CCCCN1. The molecular formula is C14H20N4. The summed E-state index contributed by atoms with van der Waals surface area (Å²) in [7, 11) is 0. The fourth-order valence-electron chi connectivity index (χ4n) is 2.76. The third-order valence-electron chi connectivity index (χ3n) is 3.59. The number of aromatic nitrogens is 3. The van der Waals surface area contributed by atoms with E-state index >= 15 is 0 Å². The minimum atomic E-state index is 0.375. The van der Waals surface area contributed by atoms with Crippen LogP contribution in [0.15, 0.2) is 18.3 Å². The zero-order valence-corrected chi connectivity index (χ0v) is 10.9. The van der Waals surface area contributed by atoms with Gasteiger partial charge in [-0.05, 0) is 44.4 Å². The number of rotatable bonds is 3. The fourth-order valence-corrected chi connectivity index (χ4v) is 2.76. The Morgan fingerprint density at radius 3 is 3.17 bits per heavy atom. The van der Waals surface area contributed by atoms with E-state index in [-0.39, 0.29) is 0 Å². The summed E-state index contributed by atoms with van der Waals surface area (Å²) in [6, 6.07) is 4.02. The van der Waals surface area contributed by atoms with Gasteiger partial charge in [-0.15, -0.1) is 0 Å². The Bertz CT molecular complexity index is 526.